The van der Waals surface area contributed by atoms with Crippen LogP contribution in [0.2, 0.25) is 0 Å². The molecule has 1 fully saturated rings. The van der Waals surface area contributed by atoms with Gasteiger partial charge in [0.25, 0.3) is 0 Å². The molecule has 1 saturated carbocycles. The zero-order valence-electron chi connectivity index (χ0n) is 7.05. The summed E-state index contributed by atoms with van der Waals surface area (Å²) >= 11 is 9.09. The summed E-state index contributed by atoms with van der Waals surface area (Å²) in [6.07, 6.45) is 10.6. The van der Waals surface area contributed by atoms with Crippen molar-refractivity contribution in [1.29, 1.82) is 0 Å². The van der Waals surface area contributed by atoms with Gasteiger partial charge in [-0.2, -0.15) is 25.3 Å². The highest BCUT2D eigenvalue weighted by Gasteiger charge is 2.19. The van der Waals surface area contributed by atoms with Gasteiger partial charge in [0.2, 0.25) is 0 Å². The van der Waals surface area contributed by atoms with Crippen LogP contribution in [0, 0.1) is 0 Å². The van der Waals surface area contributed by atoms with Gasteiger partial charge in [0.05, 0.1) is 4.08 Å². The average Bonchev–Trinajstić information content (AvgIpc) is 2.00. The molecule has 0 saturated heterocycles. The van der Waals surface area contributed by atoms with Crippen molar-refractivity contribution < 1.29 is 0 Å². The van der Waals surface area contributed by atoms with Gasteiger partial charge in [-0.1, -0.05) is 38.5 Å². The third-order valence-electron chi connectivity index (χ3n) is 2.40. The van der Waals surface area contributed by atoms with E-state index in [1.807, 2.05) is 0 Å². The Bertz CT molecular complexity index is 98.1. The van der Waals surface area contributed by atoms with E-state index in [2.05, 4.69) is 25.3 Å². The molecule has 0 radical (unpaired) electrons. The van der Waals surface area contributed by atoms with Crippen molar-refractivity contribution in [2.24, 2.45) is 0 Å². The van der Waals surface area contributed by atoms with Gasteiger partial charge in [-0.3, -0.25) is 0 Å². The first-order valence-electron chi connectivity index (χ1n) is 4.65. The molecular weight excluding hydrogens is 172 g/mol. The highest BCUT2D eigenvalue weighted by molar-refractivity contribution is 8.00. The predicted octanol–water partition coefficient (Wildman–Crippen LogP) is 3.68. The maximum absolute atomic E-state index is 4.55. The van der Waals surface area contributed by atoms with Crippen LogP contribution in [0.15, 0.2) is 0 Å². The number of thiol groups is 2. The summed E-state index contributed by atoms with van der Waals surface area (Å²) < 4.78 is 0.0321. The second-order valence-corrected chi connectivity index (χ2v) is 5.67. The Hall–Kier alpha value is 0.700. The maximum atomic E-state index is 4.55. The lowest BCUT2D eigenvalue weighted by Crippen LogP contribution is -2.11. The molecule has 0 nitrogen and oxygen atoms in total. The van der Waals surface area contributed by atoms with Crippen LogP contribution >= 0.6 is 25.3 Å². The summed E-state index contributed by atoms with van der Waals surface area (Å²) in [6.45, 7) is 0. The van der Waals surface area contributed by atoms with Crippen LogP contribution in [0.1, 0.15) is 51.4 Å². The first-order valence-corrected chi connectivity index (χ1v) is 5.55. The van der Waals surface area contributed by atoms with Gasteiger partial charge in [0, 0.05) is 0 Å². The van der Waals surface area contributed by atoms with Gasteiger partial charge in [0.1, 0.15) is 0 Å². The Morgan fingerprint density at radius 2 is 1.00 bits per heavy atom. The van der Waals surface area contributed by atoms with Crippen molar-refractivity contribution in [3.8, 4) is 0 Å². The van der Waals surface area contributed by atoms with E-state index in [0.29, 0.717) is 0 Å². The van der Waals surface area contributed by atoms with E-state index in [1.54, 1.807) is 0 Å². The fourth-order valence-electron chi connectivity index (χ4n) is 1.65. The van der Waals surface area contributed by atoms with Crippen molar-refractivity contribution in [3.63, 3.8) is 0 Å². The topological polar surface area (TPSA) is 0 Å². The second kappa shape index (κ2) is 4.66. The molecule has 1 aliphatic carbocycles. The summed E-state index contributed by atoms with van der Waals surface area (Å²) in [6, 6.07) is 0. The maximum Gasteiger partial charge on any atom is 0.0552 e. The fourth-order valence-corrected chi connectivity index (χ4v) is 2.28. The number of hydrogen-bond acceptors (Lipinski definition) is 2. The minimum absolute atomic E-state index is 0.0321. The zero-order valence-corrected chi connectivity index (χ0v) is 8.84. The Kier molecular flexibility index (Phi) is 4.14. The average molecular weight is 190 g/mol. The van der Waals surface area contributed by atoms with Crippen molar-refractivity contribution in [2.75, 3.05) is 0 Å². The lowest BCUT2D eigenvalue weighted by atomic mass is 10.1. The highest BCUT2D eigenvalue weighted by Crippen LogP contribution is 2.33. The first kappa shape index (κ1) is 9.79. The second-order valence-electron chi connectivity index (χ2n) is 3.60. The van der Waals surface area contributed by atoms with E-state index in [0.717, 1.165) is 0 Å². The lowest BCUT2D eigenvalue weighted by Gasteiger charge is -2.21. The SMILES string of the molecule is SC1(S)CCCCCCCC1. The third-order valence-corrected chi connectivity index (χ3v) is 3.30. The molecule has 0 N–H and O–H groups in total. The molecule has 1 aliphatic rings. The number of rotatable bonds is 0. The van der Waals surface area contributed by atoms with E-state index in [-0.39, 0.29) is 4.08 Å². The Labute approximate surface area is 81.0 Å². The molecule has 0 aliphatic heterocycles. The standard InChI is InChI=1S/C9H18S2/c10-9(11)7-5-3-1-2-4-6-8-9/h10-11H,1-8H2. The van der Waals surface area contributed by atoms with E-state index >= 15 is 0 Å². The molecular formula is C9H18S2. The number of hydrogen-bond donors (Lipinski definition) is 2. The molecule has 1 rings (SSSR count). The molecule has 66 valence electrons. The van der Waals surface area contributed by atoms with Crippen LogP contribution < -0.4 is 0 Å². The summed E-state index contributed by atoms with van der Waals surface area (Å²) in [7, 11) is 0. The summed E-state index contributed by atoms with van der Waals surface area (Å²) in [4.78, 5) is 0. The smallest absolute Gasteiger partial charge is 0.0552 e. The Balaban J connectivity index is 2.31. The van der Waals surface area contributed by atoms with Crippen molar-refractivity contribution in [2.45, 2.75) is 55.4 Å². The highest BCUT2D eigenvalue weighted by atomic mass is 32.2. The molecule has 0 spiro atoms. The molecule has 0 atom stereocenters. The molecule has 2 heteroatoms. The summed E-state index contributed by atoms with van der Waals surface area (Å²) in [5.74, 6) is 0. The normalized spacial score (nSPS) is 26.7. The summed E-state index contributed by atoms with van der Waals surface area (Å²) in [5.41, 5.74) is 0. The Morgan fingerprint density at radius 1 is 0.636 bits per heavy atom. The quantitative estimate of drug-likeness (QED) is 0.422. The molecule has 11 heavy (non-hydrogen) atoms. The fraction of sp³-hybridized carbons (Fsp3) is 1.00. The predicted molar refractivity (Wildman–Crippen MR) is 57.6 cm³/mol. The zero-order chi connectivity index (χ0) is 8.16. The van der Waals surface area contributed by atoms with Crippen LogP contribution in [-0.2, 0) is 0 Å². The van der Waals surface area contributed by atoms with E-state index in [1.165, 1.54) is 51.4 Å². The van der Waals surface area contributed by atoms with Gasteiger partial charge < -0.3 is 0 Å². The van der Waals surface area contributed by atoms with Gasteiger partial charge in [0.15, 0.2) is 0 Å². The molecule has 0 aromatic heterocycles. The van der Waals surface area contributed by atoms with Gasteiger partial charge >= 0.3 is 0 Å². The lowest BCUT2D eigenvalue weighted by molar-refractivity contribution is 0.611. The van der Waals surface area contributed by atoms with Crippen molar-refractivity contribution in [1.82, 2.24) is 0 Å². The van der Waals surface area contributed by atoms with Crippen LogP contribution in [0.3, 0.4) is 0 Å². The third kappa shape index (κ3) is 4.32. The summed E-state index contributed by atoms with van der Waals surface area (Å²) in [5, 5.41) is 0. The van der Waals surface area contributed by atoms with Crippen LogP contribution in [0.5, 0.6) is 0 Å². The van der Waals surface area contributed by atoms with Crippen molar-refractivity contribution in [3.05, 3.63) is 0 Å². The minimum atomic E-state index is 0.0321. The van der Waals surface area contributed by atoms with Gasteiger partial charge in [-0.05, 0) is 12.8 Å². The molecule has 0 heterocycles. The van der Waals surface area contributed by atoms with Crippen LogP contribution in [0.25, 0.3) is 0 Å². The minimum Gasteiger partial charge on any atom is -0.162 e. The molecule has 0 bridgehead atoms. The molecule has 0 aromatic rings. The van der Waals surface area contributed by atoms with Crippen LogP contribution in [-0.4, -0.2) is 4.08 Å². The van der Waals surface area contributed by atoms with E-state index in [9.17, 15) is 0 Å². The van der Waals surface area contributed by atoms with Crippen LogP contribution in [0.4, 0.5) is 0 Å². The largest absolute Gasteiger partial charge is 0.162 e. The van der Waals surface area contributed by atoms with Crippen molar-refractivity contribution >= 4 is 25.3 Å². The van der Waals surface area contributed by atoms with Gasteiger partial charge in [-0.15, -0.1) is 0 Å². The monoisotopic (exact) mass is 190 g/mol. The van der Waals surface area contributed by atoms with E-state index < -0.39 is 0 Å². The molecule has 0 aromatic carbocycles. The van der Waals surface area contributed by atoms with Gasteiger partial charge in [-0.25, -0.2) is 0 Å². The Morgan fingerprint density at radius 3 is 1.45 bits per heavy atom. The molecule has 0 unspecified atom stereocenters. The van der Waals surface area contributed by atoms with E-state index in [4.69, 9.17) is 0 Å². The first-order chi connectivity index (χ1) is 5.21. The molecule has 0 amide bonds.